The Bertz CT molecular complexity index is 1050. The number of hydrogen-bond donors (Lipinski definition) is 0. The van der Waals surface area contributed by atoms with Crippen LogP contribution < -0.4 is 9.80 Å². The third kappa shape index (κ3) is 2.86. The molecular weight excluding hydrogens is 344 g/mol. The van der Waals surface area contributed by atoms with Gasteiger partial charge in [0, 0.05) is 39.4 Å². The fourth-order valence-electron chi connectivity index (χ4n) is 3.25. The van der Waals surface area contributed by atoms with Gasteiger partial charge in [0.25, 0.3) is 6.01 Å². The number of para-hydroxylation sites is 2. The Hall–Kier alpha value is -3.49. The number of aryl methyl sites for hydroxylation is 1. The molecule has 9 nitrogen and oxygen atoms in total. The normalized spacial score (nSPS) is 14.9. The summed E-state index contributed by atoms with van der Waals surface area (Å²) < 4.78 is 7.58. The summed E-state index contributed by atoms with van der Waals surface area (Å²) in [4.78, 5) is 22.3. The highest BCUT2D eigenvalue weighted by Gasteiger charge is 2.23. The molecule has 0 spiro atoms. The molecule has 1 aliphatic rings. The van der Waals surface area contributed by atoms with Gasteiger partial charge in [-0.3, -0.25) is 0 Å². The van der Waals surface area contributed by atoms with Crippen molar-refractivity contribution < 1.29 is 4.42 Å². The minimum absolute atomic E-state index is 0.671. The lowest BCUT2D eigenvalue weighted by Gasteiger charge is -2.33. The van der Waals surface area contributed by atoms with Crippen LogP contribution in [-0.2, 0) is 7.05 Å². The van der Waals surface area contributed by atoms with E-state index in [1.807, 2.05) is 37.4 Å². The standard InChI is InChI=1S/C18H18N8O/c1-24-16(20-12-21-24)14-6-7-19-17(22-14)25-8-10-26(11-9-25)18-23-13-4-2-3-5-15(13)27-18/h2-7,12H,8-11H2,1H3. The summed E-state index contributed by atoms with van der Waals surface area (Å²) in [6.45, 7) is 3.18. The van der Waals surface area contributed by atoms with Gasteiger partial charge in [-0.15, -0.1) is 0 Å². The van der Waals surface area contributed by atoms with Crippen LogP contribution in [0.4, 0.5) is 12.0 Å². The molecule has 1 fully saturated rings. The maximum Gasteiger partial charge on any atom is 0.298 e. The van der Waals surface area contributed by atoms with Crippen molar-refractivity contribution in [3.05, 3.63) is 42.9 Å². The predicted molar refractivity (Wildman–Crippen MR) is 100 cm³/mol. The highest BCUT2D eigenvalue weighted by molar-refractivity contribution is 5.74. The van der Waals surface area contributed by atoms with Crippen LogP contribution in [0, 0.1) is 0 Å². The van der Waals surface area contributed by atoms with Crippen LogP contribution >= 0.6 is 0 Å². The minimum Gasteiger partial charge on any atom is -0.423 e. The SMILES string of the molecule is Cn1ncnc1-c1ccnc(N2CCN(c3nc4ccccc4o3)CC2)n1. The molecule has 27 heavy (non-hydrogen) atoms. The fraction of sp³-hybridized carbons (Fsp3) is 0.278. The first-order chi connectivity index (χ1) is 13.3. The summed E-state index contributed by atoms with van der Waals surface area (Å²) in [7, 11) is 1.85. The van der Waals surface area contributed by atoms with Crippen molar-refractivity contribution in [1.82, 2.24) is 29.7 Å². The van der Waals surface area contributed by atoms with Crippen molar-refractivity contribution >= 4 is 23.1 Å². The number of nitrogens with zero attached hydrogens (tertiary/aromatic N) is 8. The third-order valence-corrected chi connectivity index (χ3v) is 4.70. The van der Waals surface area contributed by atoms with E-state index in [1.165, 1.54) is 6.33 Å². The predicted octanol–water partition coefficient (Wildman–Crippen LogP) is 1.74. The molecule has 136 valence electrons. The van der Waals surface area contributed by atoms with E-state index < -0.39 is 0 Å². The van der Waals surface area contributed by atoms with Gasteiger partial charge in [0.1, 0.15) is 17.5 Å². The smallest absolute Gasteiger partial charge is 0.298 e. The zero-order valence-corrected chi connectivity index (χ0v) is 14.9. The lowest BCUT2D eigenvalue weighted by atomic mass is 10.3. The van der Waals surface area contributed by atoms with E-state index in [4.69, 9.17) is 4.42 Å². The summed E-state index contributed by atoms with van der Waals surface area (Å²) in [6.07, 6.45) is 3.29. The summed E-state index contributed by atoms with van der Waals surface area (Å²) in [6, 6.07) is 10.3. The molecule has 4 aromatic rings. The van der Waals surface area contributed by atoms with E-state index in [-0.39, 0.29) is 0 Å². The molecule has 5 rings (SSSR count). The quantitative estimate of drug-likeness (QED) is 0.544. The molecule has 0 N–H and O–H groups in total. The van der Waals surface area contributed by atoms with Gasteiger partial charge in [0.05, 0.1) is 0 Å². The molecule has 0 bridgehead atoms. The first-order valence-electron chi connectivity index (χ1n) is 8.81. The lowest BCUT2D eigenvalue weighted by Crippen LogP contribution is -2.47. The Labute approximate surface area is 155 Å². The third-order valence-electron chi connectivity index (χ3n) is 4.70. The minimum atomic E-state index is 0.671. The monoisotopic (exact) mass is 362 g/mol. The Morgan fingerprint density at radius 2 is 1.74 bits per heavy atom. The molecule has 0 saturated carbocycles. The maximum absolute atomic E-state index is 5.88. The highest BCUT2D eigenvalue weighted by Crippen LogP contribution is 2.23. The van der Waals surface area contributed by atoms with Gasteiger partial charge in [-0.1, -0.05) is 12.1 Å². The fourth-order valence-corrected chi connectivity index (χ4v) is 3.25. The van der Waals surface area contributed by atoms with Crippen LogP contribution in [-0.4, -0.2) is 55.9 Å². The number of rotatable bonds is 3. The molecule has 0 atom stereocenters. The molecule has 3 aromatic heterocycles. The number of fused-ring (bicyclic) bond motifs is 1. The summed E-state index contributed by atoms with van der Waals surface area (Å²) in [5.41, 5.74) is 2.46. The zero-order chi connectivity index (χ0) is 18.2. The zero-order valence-electron chi connectivity index (χ0n) is 14.9. The summed E-state index contributed by atoms with van der Waals surface area (Å²) in [5, 5.41) is 4.10. The van der Waals surface area contributed by atoms with E-state index >= 15 is 0 Å². The molecule has 1 aliphatic heterocycles. The van der Waals surface area contributed by atoms with E-state index in [9.17, 15) is 0 Å². The van der Waals surface area contributed by atoms with Crippen LogP contribution in [0.15, 0.2) is 47.3 Å². The molecule has 0 amide bonds. The van der Waals surface area contributed by atoms with E-state index in [1.54, 1.807) is 10.9 Å². The number of anilines is 2. The van der Waals surface area contributed by atoms with Crippen LogP contribution in [0.25, 0.3) is 22.6 Å². The van der Waals surface area contributed by atoms with E-state index in [0.29, 0.717) is 12.0 Å². The molecule has 1 saturated heterocycles. The van der Waals surface area contributed by atoms with Crippen molar-refractivity contribution in [3.63, 3.8) is 0 Å². The van der Waals surface area contributed by atoms with Crippen LogP contribution in [0.1, 0.15) is 0 Å². The van der Waals surface area contributed by atoms with Gasteiger partial charge in [-0.25, -0.2) is 19.6 Å². The van der Waals surface area contributed by atoms with Gasteiger partial charge in [-0.05, 0) is 18.2 Å². The average molecular weight is 362 g/mol. The highest BCUT2D eigenvalue weighted by atomic mass is 16.4. The van der Waals surface area contributed by atoms with Crippen molar-refractivity contribution in [1.29, 1.82) is 0 Å². The van der Waals surface area contributed by atoms with Gasteiger partial charge in [0.2, 0.25) is 5.95 Å². The maximum atomic E-state index is 5.88. The number of piperazine rings is 1. The van der Waals surface area contributed by atoms with Gasteiger partial charge >= 0.3 is 0 Å². The van der Waals surface area contributed by atoms with Crippen molar-refractivity contribution in [3.8, 4) is 11.5 Å². The molecule has 1 aromatic carbocycles. The summed E-state index contributed by atoms with van der Waals surface area (Å²) in [5.74, 6) is 1.43. The largest absolute Gasteiger partial charge is 0.423 e. The van der Waals surface area contributed by atoms with E-state index in [2.05, 4.69) is 34.8 Å². The average Bonchev–Trinajstić information content (AvgIpc) is 3.34. The Morgan fingerprint density at radius 1 is 0.926 bits per heavy atom. The second-order valence-electron chi connectivity index (χ2n) is 6.39. The van der Waals surface area contributed by atoms with Crippen molar-refractivity contribution in [2.75, 3.05) is 36.0 Å². The topological polar surface area (TPSA) is 89.0 Å². The molecule has 0 aliphatic carbocycles. The molecular formula is C18H18N8O. The van der Waals surface area contributed by atoms with Crippen molar-refractivity contribution in [2.45, 2.75) is 0 Å². The van der Waals surface area contributed by atoms with Crippen LogP contribution in [0.3, 0.4) is 0 Å². The Balaban J connectivity index is 1.32. The lowest BCUT2D eigenvalue weighted by molar-refractivity contribution is 0.539. The molecule has 4 heterocycles. The van der Waals surface area contributed by atoms with Crippen LogP contribution in [0.2, 0.25) is 0 Å². The van der Waals surface area contributed by atoms with Crippen molar-refractivity contribution in [2.24, 2.45) is 7.05 Å². The summed E-state index contributed by atoms with van der Waals surface area (Å²) >= 11 is 0. The molecule has 0 unspecified atom stereocenters. The second kappa shape index (κ2) is 6.35. The van der Waals surface area contributed by atoms with E-state index in [0.717, 1.165) is 48.8 Å². The first-order valence-corrected chi connectivity index (χ1v) is 8.81. The Kier molecular flexibility index (Phi) is 3.70. The van der Waals surface area contributed by atoms with Gasteiger partial charge in [0.15, 0.2) is 11.4 Å². The van der Waals surface area contributed by atoms with Crippen LogP contribution in [0.5, 0.6) is 0 Å². The second-order valence-corrected chi connectivity index (χ2v) is 6.39. The van der Waals surface area contributed by atoms with Gasteiger partial charge in [-0.2, -0.15) is 10.1 Å². The number of aromatic nitrogens is 6. The number of oxazole rings is 1. The first kappa shape index (κ1) is 15.7. The van der Waals surface area contributed by atoms with Gasteiger partial charge < -0.3 is 14.2 Å². The molecule has 9 heteroatoms. The Morgan fingerprint density at radius 3 is 2.52 bits per heavy atom. The number of hydrogen-bond acceptors (Lipinski definition) is 8. The number of benzene rings is 1. The molecule has 0 radical (unpaired) electrons.